The Balaban J connectivity index is 2.61. The summed E-state index contributed by atoms with van der Waals surface area (Å²) < 4.78 is 5.81. The zero-order valence-corrected chi connectivity index (χ0v) is 11.2. The van der Waals surface area contributed by atoms with Gasteiger partial charge in [-0.05, 0) is 31.5 Å². The zero-order valence-electron chi connectivity index (χ0n) is 9.71. The second-order valence-corrected chi connectivity index (χ2v) is 4.72. The number of ether oxygens (including phenoxy) is 1. The van der Waals surface area contributed by atoms with E-state index in [9.17, 15) is 0 Å². The van der Waals surface area contributed by atoms with Gasteiger partial charge in [-0.3, -0.25) is 4.98 Å². The predicted molar refractivity (Wildman–Crippen MR) is 72.1 cm³/mol. The first-order valence-corrected chi connectivity index (χ1v) is 6.28. The number of rotatable bonds is 3. The van der Waals surface area contributed by atoms with Crippen LogP contribution in [0.5, 0.6) is 5.75 Å². The molecule has 0 saturated heterocycles. The van der Waals surface area contributed by atoms with Gasteiger partial charge < -0.3 is 4.74 Å². The lowest BCUT2D eigenvalue weighted by molar-refractivity contribution is 0.220. The summed E-state index contributed by atoms with van der Waals surface area (Å²) in [6, 6.07) is 5.45. The molecule has 0 fully saturated rings. The van der Waals surface area contributed by atoms with Gasteiger partial charge in [0.15, 0.2) is 5.75 Å². The van der Waals surface area contributed by atoms with Crippen LogP contribution in [-0.2, 0) is 0 Å². The van der Waals surface area contributed by atoms with Crippen LogP contribution in [0.3, 0.4) is 0 Å². The van der Waals surface area contributed by atoms with Crippen molar-refractivity contribution in [3.05, 3.63) is 34.4 Å². The number of aromatic nitrogens is 1. The third-order valence-corrected chi connectivity index (χ3v) is 3.24. The normalized spacial score (nSPS) is 12.7. The average molecular weight is 270 g/mol. The van der Waals surface area contributed by atoms with Gasteiger partial charge in [-0.25, -0.2) is 0 Å². The Morgan fingerprint density at radius 2 is 2.12 bits per heavy atom. The number of hydrogen-bond acceptors (Lipinski definition) is 2. The quantitative estimate of drug-likeness (QED) is 0.805. The predicted octanol–water partition coefficient (Wildman–Crippen LogP) is 4.72. The molecule has 1 heterocycles. The van der Waals surface area contributed by atoms with E-state index in [1.165, 1.54) is 0 Å². The number of fused-ring (bicyclic) bond motifs is 1. The topological polar surface area (TPSA) is 22.1 Å². The summed E-state index contributed by atoms with van der Waals surface area (Å²) in [5.74, 6) is 0.612. The molecule has 0 bridgehead atoms. The van der Waals surface area contributed by atoms with Crippen LogP contribution in [0.4, 0.5) is 0 Å². The fourth-order valence-electron chi connectivity index (χ4n) is 1.54. The van der Waals surface area contributed by atoms with E-state index in [2.05, 4.69) is 11.9 Å². The van der Waals surface area contributed by atoms with E-state index in [-0.39, 0.29) is 6.10 Å². The third kappa shape index (κ3) is 2.48. The molecule has 17 heavy (non-hydrogen) atoms. The molecule has 1 aromatic heterocycles. The van der Waals surface area contributed by atoms with Gasteiger partial charge in [0.2, 0.25) is 0 Å². The highest BCUT2D eigenvalue weighted by molar-refractivity contribution is 6.39. The van der Waals surface area contributed by atoms with E-state index in [0.717, 1.165) is 11.8 Å². The van der Waals surface area contributed by atoms with Gasteiger partial charge in [0.25, 0.3) is 0 Å². The second-order valence-electron chi connectivity index (χ2n) is 3.91. The van der Waals surface area contributed by atoms with Crippen molar-refractivity contribution in [2.45, 2.75) is 26.4 Å². The summed E-state index contributed by atoms with van der Waals surface area (Å²) in [5.41, 5.74) is 0.713. The van der Waals surface area contributed by atoms with Gasteiger partial charge in [-0.15, -0.1) is 0 Å². The minimum absolute atomic E-state index is 0.0962. The highest BCUT2D eigenvalue weighted by Crippen LogP contribution is 2.37. The summed E-state index contributed by atoms with van der Waals surface area (Å²) in [6.07, 6.45) is 2.71. The molecule has 0 radical (unpaired) electrons. The summed E-state index contributed by atoms with van der Waals surface area (Å²) in [7, 11) is 0. The lowest BCUT2D eigenvalue weighted by Crippen LogP contribution is -2.10. The van der Waals surface area contributed by atoms with E-state index in [1.54, 1.807) is 12.3 Å². The molecular weight excluding hydrogens is 257 g/mol. The molecule has 1 aromatic carbocycles. The van der Waals surface area contributed by atoms with Crippen molar-refractivity contribution >= 4 is 34.1 Å². The highest BCUT2D eigenvalue weighted by Gasteiger charge is 2.14. The molecule has 2 rings (SSSR count). The van der Waals surface area contributed by atoms with Gasteiger partial charge in [0.1, 0.15) is 5.52 Å². The lowest BCUT2D eigenvalue weighted by atomic mass is 10.2. The van der Waals surface area contributed by atoms with Crippen molar-refractivity contribution in [1.29, 1.82) is 0 Å². The largest absolute Gasteiger partial charge is 0.487 e. The zero-order chi connectivity index (χ0) is 12.4. The van der Waals surface area contributed by atoms with Crippen molar-refractivity contribution in [1.82, 2.24) is 4.98 Å². The summed E-state index contributed by atoms with van der Waals surface area (Å²) in [6.45, 7) is 4.06. The van der Waals surface area contributed by atoms with Gasteiger partial charge in [-0.1, -0.05) is 30.1 Å². The molecule has 0 unspecified atom stereocenters. The van der Waals surface area contributed by atoms with Crippen molar-refractivity contribution in [2.24, 2.45) is 0 Å². The molecule has 2 nitrogen and oxygen atoms in total. The molecule has 0 aliphatic carbocycles. The van der Waals surface area contributed by atoms with Crippen LogP contribution in [0, 0.1) is 0 Å². The summed E-state index contributed by atoms with van der Waals surface area (Å²) >= 11 is 12.3. The van der Waals surface area contributed by atoms with Crippen LogP contribution in [0.15, 0.2) is 24.4 Å². The molecule has 0 spiro atoms. The van der Waals surface area contributed by atoms with E-state index in [1.807, 2.05) is 19.1 Å². The van der Waals surface area contributed by atoms with Gasteiger partial charge in [0, 0.05) is 11.6 Å². The van der Waals surface area contributed by atoms with E-state index in [0.29, 0.717) is 21.3 Å². The fraction of sp³-hybridized carbons (Fsp3) is 0.308. The third-order valence-electron chi connectivity index (χ3n) is 2.64. The van der Waals surface area contributed by atoms with Gasteiger partial charge in [-0.2, -0.15) is 0 Å². The number of benzene rings is 1. The Kier molecular flexibility index (Phi) is 3.75. The Morgan fingerprint density at radius 1 is 1.35 bits per heavy atom. The monoisotopic (exact) mass is 269 g/mol. The first kappa shape index (κ1) is 12.5. The molecule has 0 saturated carbocycles. The first-order chi connectivity index (χ1) is 8.13. The SMILES string of the molecule is CC[C@H](C)Oc1c(Cl)cc(Cl)c2cccnc12. The van der Waals surface area contributed by atoms with Crippen LogP contribution in [0.1, 0.15) is 20.3 Å². The Hall–Kier alpha value is -0.990. The molecule has 90 valence electrons. The molecule has 0 aliphatic rings. The van der Waals surface area contributed by atoms with Crippen molar-refractivity contribution in [3.63, 3.8) is 0 Å². The van der Waals surface area contributed by atoms with Crippen LogP contribution in [0.2, 0.25) is 10.0 Å². The highest BCUT2D eigenvalue weighted by atomic mass is 35.5. The van der Waals surface area contributed by atoms with E-state index >= 15 is 0 Å². The second kappa shape index (κ2) is 5.11. The Morgan fingerprint density at radius 3 is 2.82 bits per heavy atom. The maximum Gasteiger partial charge on any atom is 0.164 e. The Bertz CT molecular complexity index is 542. The molecule has 1 atom stereocenters. The average Bonchev–Trinajstić information content (AvgIpc) is 2.34. The van der Waals surface area contributed by atoms with Crippen LogP contribution in [0.25, 0.3) is 10.9 Å². The maximum atomic E-state index is 6.16. The van der Waals surface area contributed by atoms with Gasteiger partial charge >= 0.3 is 0 Å². The summed E-state index contributed by atoms with van der Waals surface area (Å²) in [5, 5.41) is 1.95. The molecule has 2 aromatic rings. The fourth-order valence-corrected chi connectivity index (χ4v) is 2.10. The minimum atomic E-state index is 0.0962. The molecule has 0 amide bonds. The molecule has 4 heteroatoms. The maximum absolute atomic E-state index is 6.16. The van der Waals surface area contributed by atoms with Crippen LogP contribution < -0.4 is 4.74 Å². The van der Waals surface area contributed by atoms with Crippen LogP contribution >= 0.6 is 23.2 Å². The van der Waals surface area contributed by atoms with Gasteiger partial charge in [0.05, 0.1) is 16.1 Å². The smallest absolute Gasteiger partial charge is 0.164 e. The van der Waals surface area contributed by atoms with E-state index in [4.69, 9.17) is 27.9 Å². The first-order valence-electron chi connectivity index (χ1n) is 5.52. The number of halogens is 2. The van der Waals surface area contributed by atoms with E-state index < -0.39 is 0 Å². The van der Waals surface area contributed by atoms with Crippen molar-refractivity contribution in [3.8, 4) is 5.75 Å². The molecule has 0 N–H and O–H groups in total. The Labute approximate surface area is 111 Å². The molecular formula is C13H13Cl2NO. The lowest BCUT2D eigenvalue weighted by Gasteiger charge is -2.16. The molecule has 0 aliphatic heterocycles. The minimum Gasteiger partial charge on any atom is -0.487 e. The van der Waals surface area contributed by atoms with Crippen LogP contribution in [-0.4, -0.2) is 11.1 Å². The number of hydrogen-bond donors (Lipinski definition) is 0. The van der Waals surface area contributed by atoms with Crippen molar-refractivity contribution in [2.75, 3.05) is 0 Å². The standard InChI is InChI=1S/C13H13Cl2NO/c1-3-8(2)17-13-11(15)7-10(14)9-5-4-6-16-12(9)13/h4-8H,3H2,1-2H3/t8-/m0/s1. The number of nitrogens with zero attached hydrogens (tertiary/aromatic N) is 1. The number of pyridine rings is 1. The summed E-state index contributed by atoms with van der Waals surface area (Å²) in [4.78, 5) is 4.30. The van der Waals surface area contributed by atoms with Crippen molar-refractivity contribution < 1.29 is 4.74 Å².